The normalized spacial score (nSPS) is 12.7. The number of rotatable bonds is 38. The largest absolute Gasteiger partial charge is 0.462 e. The van der Waals surface area contributed by atoms with Gasteiger partial charge in [-0.1, -0.05) is 177 Å². The van der Waals surface area contributed by atoms with E-state index in [2.05, 4.69) is 93.7 Å². The first-order chi connectivity index (χ1) is 26.5. The van der Waals surface area contributed by atoms with E-state index < -0.39 is 6.10 Å². The molecule has 0 amide bonds. The summed E-state index contributed by atoms with van der Waals surface area (Å²) in [5, 5.41) is 0. The number of carbonyl (C=O) groups excluding carboxylic acids is 3. The summed E-state index contributed by atoms with van der Waals surface area (Å²) in [6.45, 7) is 6.33. The van der Waals surface area contributed by atoms with Crippen LogP contribution < -0.4 is 0 Å². The second kappa shape index (κ2) is 42.6. The smallest absolute Gasteiger partial charge is 0.306 e. The number of ether oxygens (including phenoxy) is 3. The van der Waals surface area contributed by atoms with E-state index in [1.165, 1.54) is 38.5 Å². The molecule has 308 valence electrons. The zero-order valence-corrected chi connectivity index (χ0v) is 35.0. The van der Waals surface area contributed by atoms with E-state index in [9.17, 15) is 14.4 Å². The van der Waals surface area contributed by atoms with Crippen molar-refractivity contribution in [2.45, 2.75) is 200 Å². The van der Waals surface area contributed by atoms with Crippen molar-refractivity contribution in [3.8, 4) is 0 Å². The maximum atomic E-state index is 12.5. The van der Waals surface area contributed by atoms with Crippen LogP contribution in [0.15, 0.2) is 72.9 Å². The fourth-order valence-corrected chi connectivity index (χ4v) is 5.68. The minimum Gasteiger partial charge on any atom is -0.462 e. The lowest BCUT2D eigenvalue weighted by atomic mass is 10.1. The Balaban J connectivity index is 4.07. The van der Waals surface area contributed by atoms with E-state index in [1.54, 1.807) is 0 Å². The highest BCUT2D eigenvalue weighted by Crippen LogP contribution is 2.12. The van der Waals surface area contributed by atoms with E-state index in [-0.39, 0.29) is 31.1 Å². The second-order valence-electron chi connectivity index (χ2n) is 14.2. The van der Waals surface area contributed by atoms with Crippen molar-refractivity contribution in [1.29, 1.82) is 0 Å². The maximum Gasteiger partial charge on any atom is 0.306 e. The van der Waals surface area contributed by atoms with Gasteiger partial charge in [0, 0.05) is 19.3 Å². The number of hydrogen-bond donors (Lipinski definition) is 0. The molecule has 0 aliphatic rings. The van der Waals surface area contributed by atoms with Gasteiger partial charge < -0.3 is 14.2 Å². The van der Waals surface area contributed by atoms with Crippen molar-refractivity contribution in [2.75, 3.05) is 13.2 Å². The minimum absolute atomic E-state index is 0.0815. The monoisotopic (exact) mass is 753 g/mol. The van der Waals surface area contributed by atoms with E-state index in [4.69, 9.17) is 14.2 Å². The van der Waals surface area contributed by atoms with Crippen molar-refractivity contribution in [3.63, 3.8) is 0 Å². The molecule has 0 aromatic heterocycles. The SMILES string of the molecule is CC/C=C\C/C=C\C/C=C\C/C=C\C/C=C\C/C=C\CCCCCCCCC(=O)OCC(COC(=O)CCCCCCC)OC(=O)CCCCCCCC. The average Bonchev–Trinajstić information content (AvgIpc) is 3.17. The number of hydrogen-bond acceptors (Lipinski definition) is 6. The standard InChI is InChI=1S/C48H80O6/c1-4-7-10-13-15-16-17-18-19-20-21-22-23-24-25-26-27-28-29-30-31-32-33-36-38-41-47(50)53-44-45(43-52-46(49)40-37-34-12-9-6-3)54-48(51)42-39-35-14-11-8-5-2/h7,10,15-16,18-19,21-22,24-25,27-28,45H,4-6,8-9,11-14,17,20,23,26,29-44H2,1-3H3/b10-7-,16-15-,19-18-,22-21-,25-24-,28-27-. The van der Waals surface area contributed by atoms with Crippen LogP contribution in [0.1, 0.15) is 194 Å². The fourth-order valence-electron chi connectivity index (χ4n) is 5.68. The molecule has 0 radical (unpaired) electrons. The van der Waals surface area contributed by atoms with Crippen LogP contribution in [-0.2, 0) is 28.6 Å². The molecule has 0 aliphatic carbocycles. The Morgan fingerprint density at radius 1 is 0.389 bits per heavy atom. The van der Waals surface area contributed by atoms with Gasteiger partial charge in [0.05, 0.1) is 0 Å². The highest BCUT2D eigenvalue weighted by Gasteiger charge is 2.19. The Hall–Kier alpha value is -3.15. The number of esters is 3. The van der Waals surface area contributed by atoms with Gasteiger partial charge in [-0.2, -0.15) is 0 Å². The van der Waals surface area contributed by atoms with Crippen molar-refractivity contribution in [3.05, 3.63) is 72.9 Å². The molecule has 6 heteroatoms. The molecule has 0 aliphatic heterocycles. The van der Waals surface area contributed by atoms with Gasteiger partial charge in [-0.05, 0) is 70.6 Å². The molecular weight excluding hydrogens is 673 g/mol. The number of unbranched alkanes of at least 4 members (excludes halogenated alkanes) is 15. The molecule has 54 heavy (non-hydrogen) atoms. The highest BCUT2D eigenvalue weighted by molar-refractivity contribution is 5.71. The topological polar surface area (TPSA) is 78.9 Å². The quantitative estimate of drug-likeness (QED) is 0.0270. The molecule has 0 heterocycles. The summed E-state index contributed by atoms with van der Waals surface area (Å²) in [5.74, 6) is -0.929. The molecule has 0 fully saturated rings. The van der Waals surface area contributed by atoms with E-state index in [0.29, 0.717) is 19.3 Å². The Bertz CT molecular complexity index is 1050. The molecule has 0 saturated heterocycles. The Labute approximate surface area is 332 Å². The first-order valence-corrected chi connectivity index (χ1v) is 21.9. The predicted octanol–water partition coefficient (Wildman–Crippen LogP) is 13.9. The first kappa shape index (κ1) is 50.9. The summed E-state index contributed by atoms with van der Waals surface area (Å²) in [7, 11) is 0. The Morgan fingerprint density at radius 3 is 1.13 bits per heavy atom. The van der Waals surface area contributed by atoms with E-state index in [0.717, 1.165) is 116 Å². The van der Waals surface area contributed by atoms with Crippen LogP contribution >= 0.6 is 0 Å². The maximum absolute atomic E-state index is 12.5. The van der Waals surface area contributed by atoms with E-state index in [1.807, 2.05) is 0 Å². The molecule has 0 aromatic rings. The Kier molecular flexibility index (Phi) is 40.1. The third-order valence-electron chi connectivity index (χ3n) is 8.98. The lowest BCUT2D eigenvalue weighted by Gasteiger charge is -2.18. The van der Waals surface area contributed by atoms with Crippen LogP contribution in [0.25, 0.3) is 0 Å². The average molecular weight is 753 g/mol. The van der Waals surface area contributed by atoms with Crippen LogP contribution in [-0.4, -0.2) is 37.2 Å². The summed E-state index contributed by atoms with van der Waals surface area (Å²) in [6.07, 6.45) is 52.3. The van der Waals surface area contributed by atoms with Gasteiger partial charge in [-0.3, -0.25) is 14.4 Å². The lowest BCUT2D eigenvalue weighted by Crippen LogP contribution is -2.30. The molecule has 0 aromatic carbocycles. The molecule has 1 atom stereocenters. The van der Waals surface area contributed by atoms with Gasteiger partial charge in [-0.25, -0.2) is 0 Å². The van der Waals surface area contributed by atoms with Crippen LogP contribution in [0.2, 0.25) is 0 Å². The fraction of sp³-hybridized carbons (Fsp3) is 0.688. The molecule has 0 saturated carbocycles. The van der Waals surface area contributed by atoms with Crippen molar-refractivity contribution < 1.29 is 28.6 Å². The molecule has 0 bridgehead atoms. The van der Waals surface area contributed by atoms with Gasteiger partial charge in [-0.15, -0.1) is 0 Å². The van der Waals surface area contributed by atoms with Crippen LogP contribution in [0.3, 0.4) is 0 Å². The number of carbonyl (C=O) groups is 3. The van der Waals surface area contributed by atoms with Crippen LogP contribution in [0.5, 0.6) is 0 Å². The molecule has 0 spiro atoms. The second-order valence-corrected chi connectivity index (χ2v) is 14.2. The molecule has 0 N–H and O–H groups in total. The molecule has 6 nitrogen and oxygen atoms in total. The third-order valence-corrected chi connectivity index (χ3v) is 8.98. The summed E-state index contributed by atoms with van der Waals surface area (Å²) < 4.78 is 16.5. The summed E-state index contributed by atoms with van der Waals surface area (Å²) in [6, 6.07) is 0. The van der Waals surface area contributed by atoms with Crippen molar-refractivity contribution >= 4 is 17.9 Å². The predicted molar refractivity (Wildman–Crippen MR) is 228 cm³/mol. The summed E-state index contributed by atoms with van der Waals surface area (Å²) in [4.78, 5) is 37.2. The zero-order valence-electron chi connectivity index (χ0n) is 35.0. The molecule has 0 rings (SSSR count). The van der Waals surface area contributed by atoms with Crippen molar-refractivity contribution in [1.82, 2.24) is 0 Å². The van der Waals surface area contributed by atoms with Gasteiger partial charge in [0.2, 0.25) is 0 Å². The van der Waals surface area contributed by atoms with Gasteiger partial charge in [0.15, 0.2) is 6.10 Å². The van der Waals surface area contributed by atoms with Crippen LogP contribution in [0.4, 0.5) is 0 Å². The first-order valence-electron chi connectivity index (χ1n) is 21.9. The number of allylic oxidation sites excluding steroid dienone is 12. The summed E-state index contributed by atoms with van der Waals surface area (Å²) >= 11 is 0. The van der Waals surface area contributed by atoms with Crippen LogP contribution in [0, 0.1) is 0 Å². The lowest BCUT2D eigenvalue weighted by molar-refractivity contribution is -0.167. The minimum atomic E-state index is -0.772. The highest BCUT2D eigenvalue weighted by atomic mass is 16.6. The molecule has 1 unspecified atom stereocenters. The van der Waals surface area contributed by atoms with Gasteiger partial charge in [0.25, 0.3) is 0 Å². The Morgan fingerprint density at radius 2 is 0.722 bits per heavy atom. The van der Waals surface area contributed by atoms with Crippen molar-refractivity contribution in [2.24, 2.45) is 0 Å². The summed E-state index contributed by atoms with van der Waals surface area (Å²) in [5.41, 5.74) is 0. The van der Waals surface area contributed by atoms with Gasteiger partial charge in [0.1, 0.15) is 13.2 Å². The zero-order chi connectivity index (χ0) is 39.4. The molecular formula is C48H80O6. The van der Waals surface area contributed by atoms with E-state index >= 15 is 0 Å². The third kappa shape index (κ3) is 40.0. The van der Waals surface area contributed by atoms with Gasteiger partial charge >= 0.3 is 17.9 Å².